The van der Waals surface area contributed by atoms with Crippen LogP contribution in [-0.4, -0.2) is 58.7 Å². The van der Waals surface area contributed by atoms with Crippen LogP contribution in [0.25, 0.3) is 0 Å². The van der Waals surface area contributed by atoms with Crippen LogP contribution in [0.1, 0.15) is 12.8 Å². The van der Waals surface area contributed by atoms with Crippen LogP contribution < -0.4 is 10.0 Å². The smallest absolute Gasteiger partial charge is 0.234 e. The molecule has 0 saturated carbocycles. The average Bonchev–Trinajstić information content (AvgIpc) is 2.54. The summed E-state index contributed by atoms with van der Waals surface area (Å²) < 4.78 is 50.6. The third-order valence-electron chi connectivity index (χ3n) is 4.01. The summed E-state index contributed by atoms with van der Waals surface area (Å²) in [5, 5.41) is 2.62. The summed E-state index contributed by atoms with van der Waals surface area (Å²) in [7, 11) is -6.77. The molecule has 1 aromatic carbocycles. The van der Waals surface area contributed by atoms with E-state index in [-0.39, 0.29) is 24.1 Å². The van der Waals surface area contributed by atoms with Crippen LogP contribution in [0.5, 0.6) is 0 Å². The second-order valence-corrected chi connectivity index (χ2v) is 9.84. The van der Waals surface area contributed by atoms with E-state index >= 15 is 0 Å². The van der Waals surface area contributed by atoms with E-state index in [9.17, 15) is 21.6 Å². The monoisotopic (exact) mass is 389 g/mol. The second-order valence-electron chi connectivity index (χ2n) is 6.01. The molecule has 10 heteroatoms. The Hall–Kier alpha value is -1.65. The predicted octanol–water partition coefficient (Wildman–Crippen LogP) is 0.216. The third-order valence-corrected chi connectivity index (χ3v) is 6.60. The summed E-state index contributed by atoms with van der Waals surface area (Å²) >= 11 is 0. The van der Waals surface area contributed by atoms with E-state index in [1.807, 2.05) is 0 Å². The van der Waals surface area contributed by atoms with Crippen molar-refractivity contribution in [3.05, 3.63) is 30.3 Å². The van der Waals surface area contributed by atoms with Crippen molar-refractivity contribution in [2.75, 3.05) is 36.4 Å². The van der Waals surface area contributed by atoms with E-state index in [4.69, 9.17) is 0 Å². The standard InChI is InChI=1S/C15H23N3O5S2/c1-24(20,21)18-10-7-13(8-11-18)15(19)16-9-12-25(22,23)17-14-5-3-2-4-6-14/h2-6,13,17H,7-12H2,1H3,(H,16,19). The number of rotatable bonds is 7. The molecule has 0 spiro atoms. The highest BCUT2D eigenvalue weighted by molar-refractivity contribution is 7.92. The quantitative estimate of drug-likeness (QED) is 0.692. The Morgan fingerprint density at radius 3 is 2.28 bits per heavy atom. The molecule has 1 fully saturated rings. The first-order valence-electron chi connectivity index (χ1n) is 7.96. The molecule has 2 N–H and O–H groups in total. The zero-order valence-electron chi connectivity index (χ0n) is 14.0. The van der Waals surface area contributed by atoms with Crippen LogP contribution in [-0.2, 0) is 24.8 Å². The lowest BCUT2D eigenvalue weighted by atomic mass is 9.97. The van der Waals surface area contributed by atoms with Gasteiger partial charge in [-0.1, -0.05) is 18.2 Å². The van der Waals surface area contributed by atoms with Crippen molar-refractivity contribution >= 4 is 31.6 Å². The Morgan fingerprint density at radius 2 is 1.72 bits per heavy atom. The molecule has 1 heterocycles. The van der Waals surface area contributed by atoms with Crippen molar-refractivity contribution in [2.45, 2.75) is 12.8 Å². The van der Waals surface area contributed by atoms with E-state index in [0.29, 0.717) is 31.6 Å². The molecule has 1 aliphatic heterocycles. The van der Waals surface area contributed by atoms with Gasteiger partial charge in [-0.15, -0.1) is 0 Å². The number of nitrogens with zero attached hydrogens (tertiary/aromatic N) is 1. The summed E-state index contributed by atoms with van der Waals surface area (Å²) in [6.07, 6.45) is 2.03. The fourth-order valence-corrected chi connectivity index (χ4v) is 4.48. The Labute approximate surface area is 148 Å². The molecule has 1 amide bonds. The molecule has 140 valence electrons. The van der Waals surface area contributed by atoms with Gasteiger partial charge in [0.2, 0.25) is 26.0 Å². The minimum absolute atomic E-state index is 0.00723. The van der Waals surface area contributed by atoms with Crippen LogP contribution in [0.3, 0.4) is 0 Å². The first kappa shape index (κ1) is 19.7. The van der Waals surface area contributed by atoms with Crippen molar-refractivity contribution in [1.29, 1.82) is 0 Å². The lowest BCUT2D eigenvalue weighted by molar-refractivity contribution is -0.125. The summed E-state index contributed by atoms with van der Waals surface area (Å²) in [6.45, 7) is 0.628. The third kappa shape index (κ3) is 6.29. The number of hydrogen-bond acceptors (Lipinski definition) is 5. The fraction of sp³-hybridized carbons (Fsp3) is 0.533. The number of amides is 1. The lowest BCUT2D eigenvalue weighted by Gasteiger charge is -2.29. The number of hydrogen-bond donors (Lipinski definition) is 2. The Balaban J connectivity index is 1.75. The number of anilines is 1. The molecule has 8 nitrogen and oxygen atoms in total. The number of piperidine rings is 1. The van der Waals surface area contributed by atoms with Crippen LogP contribution in [0.4, 0.5) is 5.69 Å². The molecule has 0 atom stereocenters. The maximum absolute atomic E-state index is 12.1. The number of carbonyl (C=O) groups excluding carboxylic acids is 1. The molecular formula is C15H23N3O5S2. The van der Waals surface area contributed by atoms with E-state index in [2.05, 4.69) is 10.0 Å². The zero-order valence-corrected chi connectivity index (χ0v) is 15.6. The van der Waals surface area contributed by atoms with E-state index in [0.717, 1.165) is 6.26 Å². The van der Waals surface area contributed by atoms with Crippen molar-refractivity contribution in [3.8, 4) is 0 Å². The Morgan fingerprint density at radius 1 is 1.12 bits per heavy atom. The Kier molecular flexibility index (Phi) is 6.42. The maximum Gasteiger partial charge on any atom is 0.234 e. The molecule has 0 aromatic heterocycles. The van der Waals surface area contributed by atoms with Crippen molar-refractivity contribution in [2.24, 2.45) is 5.92 Å². The molecule has 1 aliphatic rings. The lowest BCUT2D eigenvalue weighted by Crippen LogP contribution is -2.43. The maximum atomic E-state index is 12.1. The second kappa shape index (κ2) is 8.15. The summed E-state index contributed by atoms with van der Waals surface area (Å²) in [4.78, 5) is 12.1. The normalized spacial score (nSPS) is 17.2. The highest BCUT2D eigenvalue weighted by atomic mass is 32.2. The van der Waals surface area contributed by atoms with Gasteiger partial charge in [0.15, 0.2) is 0 Å². The molecule has 1 saturated heterocycles. The van der Waals surface area contributed by atoms with Gasteiger partial charge < -0.3 is 5.32 Å². The van der Waals surface area contributed by atoms with Crippen LogP contribution >= 0.6 is 0 Å². The molecule has 25 heavy (non-hydrogen) atoms. The SMILES string of the molecule is CS(=O)(=O)N1CCC(C(=O)NCCS(=O)(=O)Nc2ccccc2)CC1. The number of nitrogens with one attached hydrogen (secondary N) is 2. The minimum Gasteiger partial charge on any atom is -0.355 e. The number of para-hydroxylation sites is 1. The highest BCUT2D eigenvalue weighted by Crippen LogP contribution is 2.19. The summed E-state index contributed by atoms with van der Waals surface area (Å²) in [5.74, 6) is -0.749. The van der Waals surface area contributed by atoms with Gasteiger partial charge in [-0.3, -0.25) is 9.52 Å². The van der Waals surface area contributed by atoms with Gasteiger partial charge in [-0.2, -0.15) is 0 Å². The van der Waals surface area contributed by atoms with Gasteiger partial charge in [0.05, 0.1) is 12.0 Å². The van der Waals surface area contributed by atoms with Gasteiger partial charge in [0, 0.05) is 31.2 Å². The summed E-state index contributed by atoms with van der Waals surface area (Å²) in [6, 6.07) is 8.52. The molecule has 0 aliphatic carbocycles. The fourth-order valence-electron chi connectivity index (χ4n) is 2.64. The van der Waals surface area contributed by atoms with Crippen LogP contribution in [0.15, 0.2) is 30.3 Å². The first-order chi connectivity index (χ1) is 11.7. The van der Waals surface area contributed by atoms with Gasteiger partial charge in [0.25, 0.3) is 0 Å². The topological polar surface area (TPSA) is 113 Å². The minimum atomic E-state index is -3.54. The van der Waals surface area contributed by atoms with E-state index < -0.39 is 20.0 Å². The number of benzene rings is 1. The zero-order chi connectivity index (χ0) is 18.5. The Bertz CT molecular complexity index is 786. The van der Waals surface area contributed by atoms with Crippen molar-refractivity contribution in [3.63, 3.8) is 0 Å². The summed E-state index contributed by atoms with van der Waals surface area (Å²) in [5.41, 5.74) is 0.474. The average molecular weight is 389 g/mol. The highest BCUT2D eigenvalue weighted by Gasteiger charge is 2.28. The van der Waals surface area contributed by atoms with Gasteiger partial charge in [0.1, 0.15) is 0 Å². The van der Waals surface area contributed by atoms with Crippen molar-refractivity contribution < 1.29 is 21.6 Å². The molecule has 2 rings (SSSR count). The molecule has 0 radical (unpaired) electrons. The molecule has 1 aromatic rings. The largest absolute Gasteiger partial charge is 0.355 e. The van der Waals surface area contributed by atoms with Gasteiger partial charge in [-0.05, 0) is 25.0 Å². The van der Waals surface area contributed by atoms with Gasteiger partial charge in [-0.25, -0.2) is 21.1 Å². The predicted molar refractivity (Wildman–Crippen MR) is 96.0 cm³/mol. The molecular weight excluding hydrogens is 366 g/mol. The van der Waals surface area contributed by atoms with Crippen molar-refractivity contribution in [1.82, 2.24) is 9.62 Å². The molecule has 0 unspecified atom stereocenters. The van der Waals surface area contributed by atoms with Gasteiger partial charge >= 0.3 is 0 Å². The van der Waals surface area contributed by atoms with E-state index in [1.54, 1.807) is 30.3 Å². The van der Waals surface area contributed by atoms with Crippen LogP contribution in [0.2, 0.25) is 0 Å². The van der Waals surface area contributed by atoms with E-state index in [1.165, 1.54) is 4.31 Å². The first-order valence-corrected chi connectivity index (χ1v) is 11.5. The van der Waals surface area contributed by atoms with Crippen LogP contribution in [0, 0.1) is 5.92 Å². The number of sulfonamides is 2. The number of carbonyl (C=O) groups is 1. The molecule has 0 bridgehead atoms.